The number of rotatable bonds is 3. The SMILES string of the molecule is C=CC1CCC2CC(c3ccc(C#Cc4ccc(OC)c(F)c4F)c(F)c3F)CCC2C1. The van der Waals surface area contributed by atoms with Gasteiger partial charge in [-0.05, 0) is 86.0 Å². The molecule has 0 amide bonds. The summed E-state index contributed by atoms with van der Waals surface area (Å²) in [7, 11) is 1.22. The minimum atomic E-state index is -1.18. The van der Waals surface area contributed by atoms with E-state index in [2.05, 4.69) is 18.4 Å². The van der Waals surface area contributed by atoms with Crippen molar-refractivity contribution in [3.8, 4) is 17.6 Å². The van der Waals surface area contributed by atoms with Crippen LogP contribution in [0.15, 0.2) is 36.9 Å². The largest absolute Gasteiger partial charge is 0.494 e. The van der Waals surface area contributed by atoms with Crippen molar-refractivity contribution < 1.29 is 22.3 Å². The van der Waals surface area contributed by atoms with E-state index in [0.717, 1.165) is 38.5 Å². The van der Waals surface area contributed by atoms with Gasteiger partial charge in [0.05, 0.1) is 18.2 Å². The molecule has 5 heteroatoms. The fourth-order valence-corrected chi connectivity index (χ4v) is 5.32. The zero-order valence-corrected chi connectivity index (χ0v) is 18.1. The maximum Gasteiger partial charge on any atom is 0.201 e. The van der Waals surface area contributed by atoms with Crippen molar-refractivity contribution in [2.24, 2.45) is 17.8 Å². The normalized spacial score (nSPS) is 24.8. The summed E-state index contributed by atoms with van der Waals surface area (Å²) in [6.45, 7) is 3.92. The van der Waals surface area contributed by atoms with E-state index >= 15 is 0 Å². The Labute approximate surface area is 186 Å². The first-order valence-electron chi connectivity index (χ1n) is 11.1. The molecule has 168 valence electrons. The fraction of sp³-hybridized carbons (Fsp3) is 0.407. The van der Waals surface area contributed by atoms with E-state index < -0.39 is 23.3 Å². The summed E-state index contributed by atoms with van der Waals surface area (Å²) >= 11 is 0. The monoisotopic (exact) mass is 442 g/mol. The molecular formula is C27H26F4O. The van der Waals surface area contributed by atoms with Gasteiger partial charge in [-0.25, -0.2) is 13.2 Å². The lowest BCUT2D eigenvalue weighted by Gasteiger charge is -2.41. The minimum Gasteiger partial charge on any atom is -0.494 e. The van der Waals surface area contributed by atoms with Crippen molar-refractivity contribution in [2.75, 3.05) is 7.11 Å². The molecule has 2 aromatic rings. The molecule has 2 aliphatic carbocycles. The van der Waals surface area contributed by atoms with Crippen LogP contribution in [0.3, 0.4) is 0 Å². The van der Waals surface area contributed by atoms with Gasteiger partial charge in [0.1, 0.15) is 0 Å². The molecule has 2 aliphatic rings. The number of ether oxygens (including phenoxy) is 1. The molecule has 1 nitrogen and oxygen atoms in total. The van der Waals surface area contributed by atoms with Gasteiger partial charge >= 0.3 is 0 Å². The van der Waals surface area contributed by atoms with Crippen molar-refractivity contribution in [1.29, 1.82) is 0 Å². The van der Waals surface area contributed by atoms with Crippen LogP contribution in [-0.2, 0) is 0 Å². The molecule has 0 saturated heterocycles. The molecule has 4 rings (SSSR count). The molecule has 0 aromatic heterocycles. The first-order chi connectivity index (χ1) is 15.4. The Morgan fingerprint density at radius 3 is 2.12 bits per heavy atom. The zero-order chi connectivity index (χ0) is 22.8. The van der Waals surface area contributed by atoms with Crippen LogP contribution in [0, 0.1) is 52.9 Å². The molecule has 0 radical (unpaired) electrons. The first-order valence-corrected chi connectivity index (χ1v) is 11.1. The smallest absolute Gasteiger partial charge is 0.201 e. The van der Waals surface area contributed by atoms with Crippen molar-refractivity contribution in [3.63, 3.8) is 0 Å². The highest BCUT2D eigenvalue weighted by Gasteiger charge is 2.36. The quantitative estimate of drug-likeness (QED) is 0.279. The minimum absolute atomic E-state index is 0.0128. The summed E-state index contributed by atoms with van der Waals surface area (Å²) in [5.41, 5.74) is -0.0401. The van der Waals surface area contributed by atoms with Gasteiger partial charge in [-0.3, -0.25) is 0 Å². The Morgan fingerprint density at radius 2 is 1.44 bits per heavy atom. The Kier molecular flexibility index (Phi) is 6.60. The van der Waals surface area contributed by atoms with Crippen LogP contribution in [-0.4, -0.2) is 7.11 Å². The van der Waals surface area contributed by atoms with E-state index in [0.29, 0.717) is 23.3 Å². The van der Waals surface area contributed by atoms with E-state index in [4.69, 9.17) is 4.74 Å². The van der Waals surface area contributed by atoms with E-state index in [1.165, 1.54) is 25.3 Å². The van der Waals surface area contributed by atoms with E-state index in [1.54, 1.807) is 6.07 Å². The predicted molar refractivity (Wildman–Crippen MR) is 116 cm³/mol. The summed E-state index contributed by atoms with van der Waals surface area (Å²) in [6.07, 6.45) is 8.14. The second kappa shape index (κ2) is 9.40. The molecule has 4 unspecified atom stereocenters. The second-order valence-electron chi connectivity index (χ2n) is 8.86. The van der Waals surface area contributed by atoms with Crippen LogP contribution in [0.25, 0.3) is 0 Å². The third kappa shape index (κ3) is 4.28. The van der Waals surface area contributed by atoms with Crippen LogP contribution in [0.5, 0.6) is 5.75 Å². The van der Waals surface area contributed by atoms with Crippen LogP contribution < -0.4 is 4.74 Å². The Bertz CT molecular complexity index is 1080. The summed E-state index contributed by atoms with van der Waals surface area (Å²) in [4.78, 5) is 0. The first kappa shape index (κ1) is 22.5. The summed E-state index contributed by atoms with van der Waals surface area (Å²) in [6, 6.07) is 5.50. The van der Waals surface area contributed by atoms with Crippen LogP contribution in [0.2, 0.25) is 0 Å². The molecule has 0 aliphatic heterocycles. The standard InChI is InChI=1S/C27H26F4O/c1-3-16-4-5-20-15-21(9-8-19(20)14-16)22-12-10-17(24(28)26(22)30)6-7-18-11-13-23(32-2)27(31)25(18)29/h3,10-13,16,19-21H,1,4-5,8-9,14-15H2,2H3. The molecule has 2 aromatic carbocycles. The van der Waals surface area contributed by atoms with Crippen molar-refractivity contribution in [1.82, 2.24) is 0 Å². The highest BCUT2D eigenvalue weighted by atomic mass is 19.2. The Morgan fingerprint density at radius 1 is 0.812 bits per heavy atom. The van der Waals surface area contributed by atoms with E-state index in [9.17, 15) is 17.6 Å². The number of halogens is 4. The number of methoxy groups -OCH3 is 1. The van der Waals surface area contributed by atoms with Crippen LogP contribution in [0.1, 0.15) is 61.1 Å². The maximum absolute atomic E-state index is 14.9. The van der Waals surface area contributed by atoms with Gasteiger partial charge in [0, 0.05) is 0 Å². The van der Waals surface area contributed by atoms with Gasteiger partial charge in [0.15, 0.2) is 23.2 Å². The number of allylic oxidation sites excluding steroid dienone is 1. The number of hydrogen-bond acceptors (Lipinski definition) is 1. The van der Waals surface area contributed by atoms with Gasteiger partial charge in [-0.1, -0.05) is 24.0 Å². The van der Waals surface area contributed by atoms with Crippen molar-refractivity contribution in [3.05, 3.63) is 76.9 Å². The second-order valence-corrected chi connectivity index (χ2v) is 8.86. The average molecular weight is 442 g/mol. The molecule has 2 saturated carbocycles. The maximum atomic E-state index is 14.9. The molecule has 0 N–H and O–H groups in total. The third-order valence-electron chi connectivity index (χ3n) is 7.14. The van der Waals surface area contributed by atoms with Crippen LogP contribution >= 0.6 is 0 Å². The summed E-state index contributed by atoms with van der Waals surface area (Å²) < 4.78 is 62.4. The highest BCUT2D eigenvalue weighted by molar-refractivity contribution is 5.47. The molecule has 0 spiro atoms. The third-order valence-corrected chi connectivity index (χ3v) is 7.14. The highest BCUT2D eigenvalue weighted by Crippen LogP contribution is 2.48. The van der Waals surface area contributed by atoms with Gasteiger partial charge < -0.3 is 4.74 Å². The average Bonchev–Trinajstić information content (AvgIpc) is 2.82. The molecule has 32 heavy (non-hydrogen) atoms. The van der Waals surface area contributed by atoms with Crippen molar-refractivity contribution >= 4 is 0 Å². The lowest BCUT2D eigenvalue weighted by molar-refractivity contribution is 0.132. The summed E-state index contributed by atoms with van der Waals surface area (Å²) in [5, 5.41) is 0. The zero-order valence-electron chi connectivity index (χ0n) is 18.1. The number of benzene rings is 2. The van der Waals surface area contributed by atoms with Gasteiger partial charge in [-0.15, -0.1) is 6.58 Å². The van der Waals surface area contributed by atoms with E-state index in [-0.39, 0.29) is 22.8 Å². The van der Waals surface area contributed by atoms with Crippen LogP contribution in [0.4, 0.5) is 17.6 Å². The molecule has 0 bridgehead atoms. The molecule has 4 atom stereocenters. The number of hydrogen-bond donors (Lipinski definition) is 0. The van der Waals surface area contributed by atoms with Gasteiger partial charge in [0.2, 0.25) is 5.82 Å². The molecular weight excluding hydrogens is 416 g/mol. The van der Waals surface area contributed by atoms with E-state index in [1.807, 2.05) is 6.08 Å². The predicted octanol–water partition coefficient (Wildman–Crippen LogP) is 7.14. The molecule has 2 fully saturated rings. The lowest BCUT2D eigenvalue weighted by Crippen LogP contribution is -2.30. The topological polar surface area (TPSA) is 9.23 Å². The number of fused-ring (bicyclic) bond motifs is 1. The lowest BCUT2D eigenvalue weighted by atomic mass is 9.64. The summed E-state index contributed by atoms with van der Waals surface area (Å²) in [5.74, 6) is 2.06. The van der Waals surface area contributed by atoms with Gasteiger partial charge in [-0.2, -0.15) is 4.39 Å². The fourth-order valence-electron chi connectivity index (χ4n) is 5.32. The van der Waals surface area contributed by atoms with Crippen molar-refractivity contribution in [2.45, 2.75) is 44.4 Å². The Balaban J connectivity index is 1.54. The Hall–Kier alpha value is -2.74. The molecule has 0 heterocycles. The van der Waals surface area contributed by atoms with Gasteiger partial charge in [0.25, 0.3) is 0 Å².